The van der Waals surface area contributed by atoms with Gasteiger partial charge in [0.1, 0.15) is 17.5 Å². The second kappa shape index (κ2) is 10.1. The second-order valence-electron chi connectivity index (χ2n) is 8.51. The highest BCUT2D eigenvalue weighted by atomic mass is 32.2. The van der Waals surface area contributed by atoms with E-state index in [4.69, 9.17) is 4.74 Å². The van der Waals surface area contributed by atoms with Crippen LogP contribution in [0.25, 0.3) is 0 Å². The molecule has 1 atom stereocenters. The van der Waals surface area contributed by atoms with Crippen molar-refractivity contribution < 1.29 is 23.2 Å². The normalized spacial score (nSPS) is 15.6. The van der Waals surface area contributed by atoms with Gasteiger partial charge in [-0.3, -0.25) is 19.9 Å². The van der Waals surface area contributed by atoms with Crippen LogP contribution in [0.4, 0.5) is 0 Å². The molecule has 0 saturated heterocycles. The first-order valence-electron chi connectivity index (χ1n) is 11.5. The monoisotopic (exact) mass is 520 g/mol. The zero-order valence-corrected chi connectivity index (χ0v) is 20.4. The third-order valence-corrected chi connectivity index (χ3v) is 8.04. The summed E-state index contributed by atoms with van der Waals surface area (Å²) in [5.74, 6) is 0.0160. The smallest absolute Gasteiger partial charge is 0.272 e. The quantitative estimate of drug-likeness (QED) is 0.254. The Kier molecular flexibility index (Phi) is 6.66. The number of amides is 1. The summed E-state index contributed by atoms with van der Waals surface area (Å²) >= 11 is 0. The Hall–Kier alpha value is -4.19. The first kappa shape index (κ1) is 24.5. The number of carbonyl (C=O) groups excluding carboxylic acids is 1. The minimum atomic E-state index is -4.22. The molecule has 3 aromatic carbocycles. The minimum absolute atomic E-state index is 0.0127. The summed E-state index contributed by atoms with van der Waals surface area (Å²) in [7, 11) is -4.22. The van der Waals surface area contributed by atoms with Gasteiger partial charge in [-0.2, -0.15) is 4.31 Å². The SMILES string of the molecule is O=C(NO)C1c2c([nH]n(Cc3ccccc3)c2=O)CCN1S(=O)(=O)c1ccc(Oc2ccccc2)cc1. The summed E-state index contributed by atoms with van der Waals surface area (Å²) in [5.41, 5.74) is 2.29. The van der Waals surface area contributed by atoms with E-state index < -0.39 is 27.5 Å². The summed E-state index contributed by atoms with van der Waals surface area (Å²) in [6.07, 6.45) is 0.190. The Morgan fingerprint density at radius 3 is 2.24 bits per heavy atom. The van der Waals surface area contributed by atoms with Gasteiger partial charge in [-0.15, -0.1) is 0 Å². The number of hydrogen-bond donors (Lipinski definition) is 3. The number of sulfonamides is 1. The number of nitrogens with one attached hydrogen (secondary N) is 2. The Labute approximate surface area is 212 Å². The van der Waals surface area contributed by atoms with Crippen LogP contribution >= 0.6 is 0 Å². The molecule has 3 N–H and O–H groups in total. The van der Waals surface area contributed by atoms with Crippen LogP contribution in [0, 0.1) is 0 Å². The van der Waals surface area contributed by atoms with E-state index in [1.54, 1.807) is 12.1 Å². The maximum absolute atomic E-state index is 13.6. The maximum atomic E-state index is 13.6. The van der Waals surface area contributed by atoms with Crippen molar-refractivity contribution >= 4 is 15.9 Å². The van der Waals surface area contributed by atoms with E-state index in [1.165, 1.54) is 34.4 Å². The zero-order chi connectivity index (χ0) is 26.0. The topological polar surface area (TPSA) is 134 Å². The highest BCUT2D eigenvalue weighted by Gasteiger charge is 2.43. The van der Waals surface area contributed by atoms with Crippen LogP contribution < -0.4 is 15.8 Å². The molecule has 2 heterocycles. The number of nitrogens with zero attached hydrogens (tertiary/aromatic N) is 2. The van der Waals surface area contributed by atoms with Crippen molar-refractivity contribution in [2.45, 2.75) is 23.9 Å². The predicted molar refractivity (Wildman–Crippen MR) is 134 cm³/mol. The molecule has 0 fully saturated rings. The molecule has 37 heavy (non-hydrogen) atoms. The number of carbonyl (C=O) groups is 1. The molecule has 10 nitrogen and oxygen atoms in total. The number of rotatable bonds is 7. The molecular formula is C26H24N4O6S. The highest BCUT2D eigenvalue weighted by Crippen LogP contribution is 2.33. The van der Waals surface area contributed by atoms with Gasteiger partial charge in [-0.1, -0.05) is 48.5 Å². The van der Waals surface area contributed by atoms with E-state index in [-0.39, 0.29) is 30.0 Å². The van der Waals surface area contributed by atoms with Crippen LogP contribution in [-0.2, 0) is 27.8 Å². The van der Waals surface area contributed by atoms with E-state index >= 15 is 0 Å². The largest absolute Gasteiger partial charge is 0.457 e. The molecule has 1 aliphatic heterocycles. The van der Waals surface area contributed by atoms with Crippen LogP contribution in [-0.4, -0.2) is 40.2 Å². The van der Waals surface area contributed by atoms with Crippen LogP contribution in [0.15, 0.2) is 94.6 Å². The summed E-state index contributed by atoms with van der Waals surface area (Å²) in [6.45, 7) is 0.150. The number of benzene rings is 3. The van der Waals surface area contributed by atoms with Gasteiger partial charge in [0, 0.05) is 18.7 Å². The molecule has 0 radical (unpaired) electrons. The van der Waals surface area contributed by atoms with Crippen molar-refractivity contribution in [1.82, 2.24) is 19.6 Å². The molecule has 11 heteroatoms. The van der Waals surface area contributed by atoms with Gasteiger partial charge in [0.2, 0.25) is 10.0 Å². The highest BCUT2D eigenvalue weighted by molar-refractivity contribution is 7.89. The maximum Gasteiger partial charge on any atom is 0.272 e. The van der Waals surface area contributed by atoms with Gasteiger partial charge in [0.15, 0.2) is 0 Å². The standard InChI is InChI=1S/C26H24N4O6S/c31-25(28-33)24-23-22(27-29(26(23)32)17-18-7-3-1-4-8-18)15-16-30(24)37(34,35)21-13-11-20(12-14-21)36-19-9-5-2-6-10-19/h1-14,24,27,33H,15-17H2,(H,28,31). The lowest BCUT2D eigenvalue weighted by Crippen LogP contribution is -2.48. The average Bonchev–Trinajstić information content (AvgIpc) is 3.24. The second-order valence-corrected chi connectivity index (χ2v) is 10.4. The molecule has 1 unspecified atom stereocenters. The Morgan fingerprint density at radius 2 is 1.59 bits per heavy atom. The van der Waals surface area contributed by atoms with Crippen molar-refractivity contribution in [3.63, 3.8) is 0 Å². The van der Waals surface area contributed by atoms with Crippen LogP contribution in [0.3, 0.4) is 0 Å². The molecule has 0 aliphatic carbocycles. The zero-order valence-electron chi connectivity index (χ0n) is 19.6. The van der Waals surface area contributed by atoms with Gasteiger partial charge in [-0.25, -0.2) is 18.6 Å². The minimum Gasteiger partial charge on any atom is -0.457 e. The number of fused-ring (bicyclic) bond motifs is 1. The first-order chi connectivity index (χ1) is 17.9. The molecule has 0 bridgehead atoms. The molecule has 190 valence electrons. The molecule has 1 aliphatic rings. The van der Waals surface area contributed by atoms with Crippen molar-refractivity contribution in [1.29, 1.82) is 0 Å². The van der Waals surface area contributed by atoms with Gasteiger partial charge in [0.05, 0.1) is 17.0 Å². The lowest BCUT2D eigenvalue weighted by atomic mass is 10.0. The van der Waals surface area contributed by atoms with E-state index in [1.807, 2.05) is 48.5 Å². The van der Waals surface area contributed by atoms with Crippen molar-refractivity contribution in [2.75, 3.05) is 6.54 Å². The molecule has 5 rings (SSSR count). The van der Waals surface area contributed by atoms with E-state index in [0.29, 0.717) is 17.2 Å². The number of para-hydroxylation sites is 1. The van der Waals surface area contributed by atoms with Crippen LogP contribution in [0.5, 0.6) is 11.5 Å². The number of aromatic amines is 1. The van der Waals surface area contributed by atoms with E-state index in [2.05, 4.69) is 5.10 Å². The fourth-order valence-corrected chi connectivity index (χ4v) is 5.98. The molecular weight excluding hydrogens is 496 g/mol. The summed E-state index contributed by atoms with van der Waals surface area (Å²) < 4.78 is 35.2. The van der Waals surface area contributed by atoms with Crippen molar-refractivity contribution in [2.24, 2.45) is 0 Å². The number of hydroxylamine groups is 1. The predicted octanol–water partition coefficient (Wildman–Crippen LogP) is 2.81. The fourth-order valence-electron chi connectivity index (χ4n) is 4.41. The van der Waals surface area contributed by atoms with Gasteiger partial charge < -0.3 is 4.74 Å². The third-order valence-electron chi connectivity index (χ3n) is 6.17. The van der Waals surface area contributed by atoms with E-state index in [0.717, 1.165) is 9.87 Å². The lowest BCUT2D eigenvalue weighted by Gasteiger charge is -2.32. The Balaban J connectivity index is 1.47. The molecule has 0 saturated carbocycles. The van der Waals surface area contributed by atoms with Crippen molar-refractivity contribution in [3.05, 3.63) is 112 Å². The summed E-state index contributed by atoms with van der Waals surface area (Å²) in [6, 6.07) is 22.5. The number of H-pyrrole nitrogens is 1. The lowest BCUT2D eigenvalue weighted by molar-refractivity contribution is -0.133. The Morgan fingerprint density at radius 1 is 0.973 bits per heavy atom. The fraction of sp³-hybridized carbons (Fsp3) is 0.154. The molecule has 4 aromatic rings. The van der Waals surface area contributed by atoms with Gasteiger partial charge >= 0.3 is 0 Å². The number of hydrogen-bond acceptors (Lipinski definition) is 6. The molecule has 0 spiro atoms. The first-order valence-corrected chi connectivity index (χ1v) is 13.0. The summed E-state index contributed by atoms with van der Waals surface area (Å²) in [4.78, 5) is 26.0. The van der Waals surface area contributed by atoms with Crippen molar-refractivity contribution in [3.8, 4) is 11.5 Å². The molecule has 1 amide bonds. The molecule has 1 aromatic heterocycles. The van der Waals surface area contributed by atoms with Crippen LogP contribution in [0.1, 0.15) is 22.9 Å². The number of aromatic nitrogens is 2. The summed E-state index contributed by atoms with van der Waals surface area (Å²) in [5, 5.41) is 12.4. The van der Waals surface area contributed by atoms with Gasteiger partial charge in [-0.05, 0) is 42.0 Å². The Bertz CT molecular complexity index is 1570. The van der Waals surface area contributed by atoms with Gasteiger partial charge in [0.25, 0.3) is 11.5 Å². The van der Waals surface area contributed by atoms with Crippen LogP contribution in [0.2, 0.25) is 0 Å². The number of ether oxygens (including phenoxy) is 1. The van der Waals surface area contributed by atoms with E-state index in [9.17, 15) is 23.2 Å². The third kappa shape index (κ3) is 4.79. The average molecular weight is 521 g/mol.